The summed E-state index contributed by atoms with van der Waals surface area (Å²) in [5, 5.41) is 10.2. The Hall–Kier alpha value is -3.03. The number of aromatic nitrogens is 5. The lowest BCUT2D eigenvalue weighted by Crippen LogP contribution is -2.27. The molecule has 0 atom stereocenters. The molecule has 21 heavy (non-hydrogen) atoms. The summed E-state index contributed by atoms with van der Waals surface area (Å²) in [6.07, 6.45) is 1.26. The van der Waals surface area contributed by atoms with Gasteiger partial charge >= 0.3 is 5.69 Å². The van der Waals surface area contributed by atoms with Gasteiger partial charge in [-0.25, -0.2) is 14.2 Å². The molecule has 106 valence electrons. The van der Waals surface area contributed by atoms with Crippen LogP contribution >= 0.6 is 0 Å². The molecule has 1 amide bonds. The van der Waals surface area contributed by atoms with Crippen LogP contribution < -0.4 is 11.0 Å². The fourth-order valence-corrected chi connectivity index (χ4v) is 1.95. The summed E-state index contributed by atoms with van der Waals surface area (Å²) in [6.45, 7) is 1.93. The second-order valence-corrected chi connectivity index (χ2v) is 4.61. The van der Waals surface area contributed by atoms with Gasteiger partial charge in [-0.3, -0.25) is 4.79 Å². The van der Waals surface area contributed by atoms with Gasteiger partial charge in [0.15, 0.2) is 11.3 Å². The number of hydrogen-bond donors (Lipinski definition) is 1. The highest BCUT2D eigenvalue weighted by Gasteiger charge is 2.17. The minimum Gasteiger partial charge on any atom is -0.321 e. The van der Waals surface area contributed by atoms with Crippen LogP contribution in [-0.4, -0.2) is 30.3 Å². The number of imidazole rings is 1. The molecule has 3 aromatic rings. The van der Waals surface area contributed by atoms with Crippen molar-refractivity contribution in [1.29, 1.82) is 0 Å². The maximum atomic E-state index is 12.2. The van der Waals surface area contributed by atoms with Crippen molar-refractivity contribution in [1.82, 2.24) is 24.4 Å². The third-order valence-electron chi connectivity index (χ3n) is 2.99. The van der Waals surface area contributed by atoms with E-state index in [0.717, 1.165) is 10.2 Å². The average molecular weight is 284 g/mol. The molecule has 0 aliphatic carbocycles. The summed E-state index contributed by atoms with van der Waals surface area (Å²) in [4.78, 5) is 28.0. The first-order valence-corrected chi connectivity index (χ1v) is 6.21. The van der Waals surface area contributed by atoms with Gasteiger partial charge in [0, 0.05) is 12.7 Å². The van der Waals surface area contributed by atoms with Crippen molar-refractivity contribution in [2.75, 3.05) is 5.32 Å². The molecule has 0 spiro atoms. The molecule has 1 N–H and O–H groups in total. The van der Waals surface area contributed by atoms with E-state index in [1.807, 2.05) is 25.1 Å². The second-order valence-electron chi connectivity index (χ2n) is 4.61. The number of anilines is 1. The second kappa shape index (κ2) is 4.82. The standard InChI is InChI=1S/C13H12N6O2/c1-8-4-3-5-9(6-8)15-12(20)10-11-16-17-18(2)13(21)19(11)7-14-10/h3-7H,1-2H3,(H,15,20). The molecule has 0 saturated carbocycles. The quantitative estimate of drug-likeness (QED) is 0.734. The summed E-state index contributed by atoms with van der Waals surface area (Å²) >= 11 is 0. The van der Waals surface area contributed by atoms with Crippen LogP contribution in [0.15, 0.2) is 35.4 Å². The predicted octanol–water partition coefficient (Wildman–Crippen LogP) is 0.384. The van der Waals surface area contributed by atoms with Crippen LogP contribution in [0.2, 0.25) is 0 Å². The van der Waals surface area contributed by atoms with E-state index in [-0.39, 0.29) is 11.3 Å². The lowest BCUT2D eigenvalue weighted by molar-refractivity contribution is 0.102. The minimum absolute atomic E-state index is 0.0571. The number of hydrogen-bond acceptors (Lipinski definition) is 5. The molecule has 0 unspecified atom stereocenters. The molecule has 1 aromatic carbocycles. The van der Waals surface area contributed by atoms with Crippen molar-refractivity contribution in [3.05, 3.63) is 52.3 Å². The Bertz CT molecular complexity index is 895. The molecule has 0 aliphatic heterocycles. The highest BCUT2D eigenvalue weighted by molar-refractivity contribution is 6.06. The van der Waals surface area contributed by atoms with Crippen molar-refractivity contribution in [2.24, 2.45) is 7.05 Å². The molecular formula is C13H12N6O2. The average Bonchev–Trinajstić information content (AvgIpc) is 2.87. The van der Waals surface area contributed by atoms with Crippen LogP contribution in [0.5, 0.6) is 0 Å². The fourth-order valence-electron chi connectivity index (χ4n) is 1.95. The van der Waals surface area contributed by atoms with E-state index in [1.54, 1.807) is 6.07 Å². The number of aryl methyl sites for hydroxylation is 2. The number of nitrogens with one attached hydrogen (secondary N) is 1. The number of amides is 1. The molecule has 0 bridgehead atoms. The first kappa shape index (κ1) is 13.0. The first-order chi connectivity index (χ1) is 10.1. The summed E-state index contributed by atoms with van der Waals surface area (Å²) < 4.78 is 2.25. The molecule has 2 heterocycles. The van der Waals surface area contributed by atoms with E-state index in [2.05, 4.69) is 20.6 Å². The number of fused-ring (bicyclic) bond motifs is 1. The highest BCUT2D eigenvalue weighted by Crippen LogP contribution is 2.12. The van der Waals surface area contributed by atoms with Gasteiger partial charge in [-0.1, -0.05) is 17.3 Å². The Morgan fingerprint density at radius 1 is 1.33 bits per heavy atom. The number of nitrogens with zero attached hydrogens (tertiary/aromatic N) is 5. The van der Waals surface area contributed by atoms with Crippen LogP contribution in [0.25, 0.3) is 5.65 Å². The van der Waals surface area contributed by atoms with Crippen molar-refractivity contribution >= 4 is 17.2 Å². The molecule has 0 saturated heterocycles. The van der Waals surface area contributed by atoms with Gasteiger partial charge < -0.3 is 5.32 Å². The summed E-state index contributed by atoms with van der Waals surface area (Å²) in [5.41, 5.74) is 1.45. The molecule has 8 heteroatoms. The predicted molar refractivity (Wildman–Crippen MR) is 75.2 cm³/mol. The van der Waals surface area contributed by atoms with E-state index in [9.17, 15) is 9.59 Å². The Kier molecular flexibility index (Phi) is 2.98. The fraction of sp³-hybridized carbons (Fsp3) is 0.154. The van der Waals surface area contributed by atoms with E-state index >= 15 is 0 Å². The number of benzene rings is 1. The molecular weight excluding hydrogens is 272 g/mol. The molecule has 0 radical (unpaired) electrons. The van der Waals surface area contributed by atoms with Crippen molar-refractivity contribution < 1.29 is 4.79 Å². The lowest BCUT2D eigenvalue weighted by atomic mass is 10.2. The van der Waals surface area contributed by atoms with Gasteiger partial charge in [0.25, 0.3) is 5.91 Å². The van der Waals surface area contributed by atoms with Gasteiger partial charge in [0.2, 0.25) is 0 Å². The monoisotopic (exact) mass is 284 g/mol. The largest absolute Gasteiger partial charge is 0.352 e. The summed E-state index contributed by atoms with van der Waals surface area (Å²) in [6, 6.07) is 7.37. The molecule has 2 aromatic heterocycles. The summed E-state index contributed by atoms with van der Waals surface area (Å²) in [5.74, 6) is -0.439. The van der Waals surface area contributed by atoms with Gasteiger partial charge in [-0.05, 0) is 24.6 Å². The van der Waals surface area contributed by atoms with E-state index in [4.69, 9.17) is 0 Å². The normalized spacial score (nSPS) is 10.8. The van der Waals surface area contributed by atoms with Gasteiger partial charge in [-0.2, -0.15) is 4.68 Å². The van der Waals surface area contributed by atoms with Gasteiger partial charge in [0.05, 0.1) is 0 Å². The van der Waals surface area contributed by atoms with Crippen LogP contribution in [0.4, 0.5) is 5.69 Å². The maximum absolute atomic E-state index is 12.2. The van der Waals surface area contributed by atoms with Crippen molar-refractivity contribution in [2.45, 2.75) is 6.92 Å². The Morgan fingerprint density at radius 3 is 2.90 bits per heavy atom. The third kappa shape index (κ3) is 2.27. The lowest BCUT2D eigenvalue weighted by Gasteiger charge is -2.04. The maximum Gasteiger partial charge on any atom is 0.352 e. The minimum atomic E-state index is -0.439. The molecule has 0 fully saturated rings. The third-order valence-corrected chi connectivity index (χ3v) is 2.99. The number of rotatable bonds is 2. The van der Waals surface area contributed by atoms with E-state index in [1.165, 1.54) is 17.8 Å². The molecule has 0 aliphatic rings. The van der Waals surface area contributed by atoms with Crippen molar-refractivity contribution in [3.63, 3.8) is 0 Å². The smallest absolute Gasteiger partial charge is 0.321 e. The van der Waals surface area contributed by atoms with Crippen molar-refractivity contribution in [3.8, 4) is 0 Å². The zero-order valence-corrected chi connectivity index (χ0v) is 11.4. The van der Waals surface area contributed by atoms with Crippen LogP contribution in [0.1, 0.15) is 16.1 Å². The Balaban J connectivity index is 1.99. The number of carbonyl (C=O) groups is 1. The summed E-state index contributed by atoms with van der Waals surface area (Å²) in [7, 11) is 1.47. The van der Waals surface area contributed by atoms with E-state index < -0.39 is 11.6 Å². The Morgan fingerprint density at radius 2 is 2.14 bits per heavy atom. The van der Waals surface area contributed by atoms with Gasteiger partial charge in [-0.15, -0.1) is 5.10 Å². The molecule has 8 nitrogen and oxygen atoms in total. The van der Waals surface area contributed by atoms with Crippen LogP contribution in [0, 0.1) is 6.92 Å². The van der Waals surface area contributed by atoms with Gasteiger partial charge in [0.1, 0.15) is 6.33 Å². The first-order valence-electron chi connectivity index (χ1n) is 6.21. The SMILES string of the molecule is Cc1cccc(NC(=O)c2ncn3c(=O)n(C)nnc23)c1. The van der Waals surface area contributed by atoms with Crippen LogP contribution in [-0.2, 0) is 7.05 Å². The number of carbonyl (C=O) groups excluding carboxylic acids is 1. The Labute approximate surface area is 119 Å². The zero-order valence-electron chi connectivity index (χ0n) is 11.4. The zero-order chi connectivity index (χ0) is 15.0. The topological polar surface area (TPSA) is 94.2 Å². The van der Waals surface area contributed by atoms with Crippen LogP contribution in [0.3, 0.4) is 0 Å². The molecule has 3 rings (SSSR count). The van der Waals surface area contributed by atoms with E-state index in [0.29, 0.717) is 5.69 Å². The highest BCUT2D eigenvalue weighted by atomic mass is 16.2.